The molecule has 3 heteroatoms. The maximum absolute atomic E-state index is 5.32. The smallest absolute Gasteiger partial charge is 0.206 e. The lowest BCUT2D eigenvalue weighted by atomic mass is 10.4. The van der Waals surface area contributed by atoms with E-state index in [2.05, 4.69) is 25.1 Å². The molecule has 0 aliphatic rings. The molecule has 0 N–H and O–H groups in total. The molecule has 0 unspecified atom stereocenters. The van der Waals surface area contributed by atoms with Gasteiger partial charge in [0.2, 0.25) is 9.04 Å². The second kappa shape index (κ2) is 7.90. The van der Waals surface area contributed by atoms with E-state index in [1.165, 1.54) is 0 Å². The molecule has 0 aromatic rings. The van der Waals surface area contributed by atoms with Gasteiger partial charge in [-0.15, -0.1) is 0 Å². The lowest BCUT2D eigenvalue weighted by Crippen LogP contribution is -2.07. The zero-order valence-corrected chi connectivity index (χ0v) is 9.81. The van der Waals surface area contributed by atoms with E-state index >= 15 is 0 Å². The fourth-order valence-corrected chi connectivity index (χ4v) is 1.01. The van der Waals surface area contributed by atoms with Crippen LogP contribution in [0.15, 0.2) is 11.8 Å². The van der Waals surface area contributed by atoms with E-state index in [0.717, 1.165) is 12.2 Å². The fourth-order valence-electron chi connectivity index (χ4n) is 0.647. The van der Waals surface area contributed by atoms with Gasteiger partial charge in [0.15, 0.2) is 0 Å². The van der Waals surface area contributed by atoms with Gasteiger partial charge >= 0.3 is 0 Å². The lowest BCUT2D eigenvalue weighted by molar-refractivity contribution is 0.357. The Morgan fingerprint density at radius 1 is 1.46 bits per heavy atom. The normalized spacial score (nSPS) is 11.0. The highest BCUT2D eigenvalue weighted by Gasteiger charge is 1.92. The molecule has 0 bridgehead atoms. The average Bonchev–Trinajstić information content (AvgIpc) is 2.11. The van der Waals surface area contributed by atoms with E-state index < -0.39 is 9.04 Å². The second-order valence-electron chi connectivity index (χ2n) is 2.69. The van der Waals surface area contributed by atoms with E-state index in [0.29, 0.717) is 6.61 Å². The van der Waals surface area contributed by atoms with Gasteiger partial charge in [-0.2, -0.15) is 0 Å². The highest BCUT2D eigenvalue weighted by atomic mass is 28.3. The first-order valence-electron chi connectivity index (χ1n) is 4.43. The van der Waals surface area contributed by atoms with Crippen molar-refractivity contribution in [1.29, 1.82) is 0 Å². The molecule has 0 aliphatic carbocycles. The number of rotatable bonds is 4. The van der Waals surface area contributed by atoms with Crippen LogP contribution in [0.5, 0.6) is 0 Å². The highest BCUT2D eigenvalue weighted by molar-refractivity contribution is 6.48. The molecular formula is C10H17O2Si. The third-order valence-electron chi connectivity index (χ3n) is 1.36. The zero-order valence-electron chi connectivity index (χ0n) is 8.81. The average molecular weight is 197 g/mol. The van der Waals surface area contributed by atoms with E-state index in [1.54, 1.807) is 0 Å². The molecular weight excluding hydrogens is 180 g/mol. The first-order chi connectivity index (χ1) is 6.20. The molecule has 0 heterocycles. The molecule has 2 nitrogen and oxygen atoms in total. The van der Waals surface area contributed by atoms with Crippen LogP contribution in [0.2, 0.25) is 13.1 Å². The Morgan fingerprint density at radius 3 is 2.62 bits per heavy atom. The summed E-state index contributed by atoms with van der Waals surface area (Å²) in [5.41, 5.74) is 0. The Hall–Kier alpha value is -0.723. The summed E-state index contributed by atoms with van der Waals surface area (Å²) in [5.74, 6) is 3.71. The standard InChI is InChI=1S/C10H17O2Si/c1-5-10(6-2)11-8-7-9-12-13(3)4/h5H,6,9H2,1-4H3/b10-5-. The summed E-state index contributed by atoms with van der Waals surface area (Å²) >= 11 is 0. The Balaban J connectivity index is 3.61. The van der Waals surface area contributed by atoms with E-state index in [4.69, 9.17) is 9.16 Å². The Kier molecular flexibility index (Phi) is 7.46. The summed E-state index contributed by atoms with van der Waals surface area (Å²) < 4.78 is 10.5. The van der Waals surface area contributed by atoms with Crippen molar-refractivity contribution in [3.8, 4) is 12.0 Å². The minimum atomic E-state index is -0.619. The summed E-state index contributed by atoms with van der Waals surface area (Å²) in [5, 5.41) is 0. The molecule has 0 saturated carbocycles. The first kappa shape index (κ1) is 12.3. The lowest BCUT2D eigenvalue weighted by Gasteiger charge is -1.99. The van der Waals surface area contributed by atoms with Crippen LogP contribution in [0.4, 0.5) is 0 Å². The predicted octanol–water partition coefficient (Wildman–Crippen LogP) is 2.55. The molecule has 0 rings (SSSR count). The fraction of sp³-hybridized carbons (Fsp3) is 0.600. The Labute approximate surface area is 82.7 Å². The quantitative estimate of drug-likeness (QED) is 0.392. The summed E-state index contributed by atoms with van der Waals surface area (Å²) in [7, 11) is -0.619. The van der Waals surface area contributed by atoms with E-state index in [9.17, 15) is 0 Å². The molecule has 0 aromatic heterocycles. The van der Waals surface area contributed by atoms with Crippen LogP contribution in [0.3, 0.4) is 0 Å². The van der Waals surface area contributed by atoms with Gasteiger partial charge in [-0.05, 0) is 32.0 Å². The van der Waals surface area contributed by atoms with Crippen LogP contribution in [-0.4, -0.2) is 15.6 Å². The largest absolute Gasteiger partial charge is 0.412 e. The van der Waals surface area contributed by atoms with Crippen molar-refractivity contribution in [2.24, 2.45) is 0 Å². The summed E-state index contributed by atoms with van der Waals surface area (Å²) in [6.45, 7) is 8.61. The molecule has 1 radical (unpaired) electrons. The van der Waals surface area contributed by atoms with E-state index in [-0.39, 0.29) is 0 Å². The van der Waals surface area contributed by atoms with Crippen molar-refractivity contribution in [3.05, 3.63) is 11.8 Å². The molecule has 0 fully saturated rings. The molecule has 0 aliphatic heterocycles. The SMILES string of the molecule is C/C=C(/CC)OC#CCO[Si](C)C. The molecule has 0 amide bonds. The molecule has 0 saturated heterocycles. The van der Waals surface area contributed by atoms with Crippen molar-refractivity contribution >= 4 is 9.04 Å². The summed E-state index contributed by atoms with van der Waals surface area (Å²) in [4.78, 5) is 0. The second-order valence-corrected chi connectivity index (χ2v) is 4.79. The van der Waals surface area contributed by atoms with Crippen molar-refractivity contribution in [1.82, 2.24) is 0 Å². The summed E-state index contributed by atoms with van der Waals surface area (Å²) in [6, 6.07) is 0. The summed E-state index contributed by atoms with van der Waals surface area (Å²) in [6.07, 6.45) is 5.41. The molecule has 0 atom stereocenters. The van der Waals surface area contributed by atoms with E-state index in [1.807, 2.05) is 19.9 Å². The van der Waals surface area contributed by atoms with Crippen LogP contribution in [0.1, 0.15) is 20.3 Å². The third kappa shape index (κ3) is 7.63. The first-order valence-corrected chi connectivity index (χ1v) is 6.84. The van der Waals surface area contributed by atoms with Gasteiger partial charge in [0, 0.05) is 6.42 Å². The van der Waals surface area contributed by atoms with Gasteiger partial charge in [-0.25, -0.2) is 0 Å². The number of hydrogen-bond donors (Lipinski definition) is 0. The van der Waals surface area contributed by atoms with Crippen molar-refractivity contribution in [2.75, 3.05) is 6.61 Å². The van der Waals surface area contributed by atoms with Crippen molar-refractivity contribution < 1.29 is 9.16 Å². The van der Waals surface area contributed by atoms with Crippen molar-refractivity contribution in [2.45, 2.75) is 33.4 Å². The minimum absolute atomic E-state index is 0.474. The van der Waals surface area contributed by atoms with Crippen LogP contribution >= 0.6 is 0 Å². The van der Waals surface area contributed by atoms with Gasteiger partial charge < -0.3 is 9.16 Å². The number of hydrogen-bond acceptors (Lipinski definition) is 2. The van der Waals surface area contributed by atoms with Gasteiger partial charge in [0.05, 0.1) is 6.61 Å². The molecule has 0 aromatic carbocycles. The molecule has 13 heavy (non-hydrogen) atoms. The maximum Gasteiger partial charge on any atom is 0.206 e. The van der Waals surface area contributed by atoms with Gasteiger partial charge in [-0.1, -0.05) is 6.92 Å². The third-order valence-corrected chi connectivity index (χ3v) is 2.08. The topological polar surface area (TPSA) is 18.5 Å². The van der Waals surface area contributed by atoms with Crippen LogP contribution in [0, 0.1) is 12.0 Å². The van der Waals surface area contributed by atoms with Crippen molar-refractivity contribution in [3.63, 3.8) is 0 Å². The number of allylic oxidation sites excluding steroid dienone is 2. The maximum atomic E-state index is 5.32. The predicted molar refractivity (Wildman–Crippen MR) is 56.3 cm³/mol. The Morgan fingerprint density at radius 2 is 2.15 bits per heavy atom. The van der Waals surface area contributed by atoms with Crippen LogP contribution in [-0.2, 0) is 9.16 Å². The van der Waals surface area contributed by atoms with Gasteiger partial charge in [-0.3, -0.25) is 0 Å². The number of ether oxygens (including phenoxy) is 1. The minimum Gasteiger partial charge on any atom is -0.412 e. The monoisotopic (exact) mass is 197 g/mol. The Bertz CT molecular complexity index is 211. The van der Waals surface area contributed by atoms with Gasteiger partial charge in [0.1, 0.15) is 11.9 Å². The van der Waals surface area contributed by atoms with Gasteiger partial charge in [0.25, 0.3) is 0 Å². The zero-order chi connectivity index (χ0) is 10.1. The van der Waals surface area contributed by atoms with Crippen LogP contribution in [0.25, 0.3) is 0 Å². The molecule has 73 valence electrons. The van der Waals surface area contributed by atoms with Crippen LogP contribution < -0.4 is 0 Å². The molecule has 0 spiro atoms. The highest BCUT2D eigenvalue weighted by Crippen LogP contribution is 1.99.